The number of hydrogen-bond acceptors (Lipinski definition) is 7. The average Bonchev–Trinajstić information content (AvgIpc) is 3.34. The molecule has 4 aromatic rings. The number of rotatable bonds is 2. The molecule has 29 heavy (non-hydrogen) atoms. The molecule has 3 aromatic heterocycles. The predicted molar refractivity (Wildman–Crippen MR) is 107 cm³/mol. The molecule has 0 spiro atoms. The molecule has 0 saturated carbocycles. The molecule has 5 rings (SSSR count). The Bertz CT molecular complexity index is 1170. The summed E-state index contributed by atoms with van der Waals surface area (Å²) in [5, 5.41) is 13.8. The van der Waals surface area contributed by atoms with Gasteiger partial charge in [-0.15, -0.1) is 0 Å². The minimum atomic E-state index is 0.450. The number of aromatic amines is 1. The molecule has 0 unspecified atom stereocenters. The average molecular weight is 390 g/mol. The van der Waals surface area contributed by atoms with E-state index in [1.165, 1.54) is 19.3 Å². The third-order valence-corrected chi connectivity index (χ3v) is 4.80. The highest BCUT2D eigenvalue weighted by Gasteiger charge is 2.11. The van der Waals surface area contributed by atoms with Crippen molar-refractivity contribution >= 4 is 21.9 Å². The predicted octanol–water partition coefficient (Wildman–Crippen LogP) is 3.84. The molecule has 0 aliphatic carbocycles. The summed E-state index contributed by atoms with van der Waals surface area (Å²) in [6.07, 6.45) is 6.62. The van der Waals surface area contributed by atoms with Crippen molar-refractivity contribution in [2.75, 3.05) is 6.61 Å². The number of nitrogens with zero attached hydrogens (tertiary/aromatic N) is 5. The highest BCUT2D eigenvalue weighted by molar-refractivity contribution is 6.02. The molecule has 1 fully saturated rings. The van der Waals surface area contributed by atoms with Crippen LogP contribution in [0.3, 0.4) is 0 Å². The molecule has 1 aliphatic heterocycles. The van der Waals surface area contributed by atoms with E-state index in [9.17, 15) is 0 Å². The van der Waals surface area contributed by atoms with Crippen LogP contribution in [0.2, 0.25) is 0 Å². The molecule has 8 nitrogen and oxygen atoms in total. The molecule has 8 heteroatoms. The molecule has 0 radical (unpaired) electrons. The highest BCUT2D eigenvalue weighted by Crippen LogP contribution is 2.23. The summed E-state index contributed by atoms with van der Waals surface area (Å²) in [5.41, 5.74) is 3.00. The molecule has 148 valence electrons. The second-order valence-electron chi connectivity index (χ2n) is 7.13. The maximum absolute atomic E-state index is 9.05. The Balaban J connectivity index is 0.000000249. The largest absolute Gasteiger partial charge is 0.379 e. The number of ether oxygens (including phenoxy) is 1. The van der Waals surface area contributed by atoms with Gasteiger partial charge in [0.15, 0.2) is 5.82 Å². The lowest BCUT2D eigenvalue weighted by molar-refractivity contribution is 0.0285. The smallest absolute Gasteiger partial charge is 0.223 e. The fourth-order valence-corrected chi connectivity index (χ4v) is 3.33. The molecular weight excluding hydrogens is 368 g/mol. The van der Waals surface area contributed by atoms with Crippen molar-refractivity contribution in [3.63, 3.8) is 0 Å². The quantitative estimate of drug-likeness (QED) is 0.553. The second-order valence-corrected chi connectivity index (χ2v) is 7.13. The van der Waals surface area contributed by atoms with Gasteiger partial charge < -0.3 is 14.2 Å². The Hall–Kier alpha value is -3.31. The zero-order valence-corrected chi connectivity index (χ0v) is 16.5. The van der Waals surface area contributed by atoms with Crippen molar-refractivity contribution in [2.24, 2.45) is 0 Å². The lowest BCUT2D eigenvalue weighted by Crippen LogP contribution is -2.14. The second kappa shape index (κ2) is 8.37. The molecule has 0 amide bonds. The Morgan fingerprint density at radius 2 is 2.17 bits per heavy atom. The van der Waals surface area contributed by atoms with Gasteiger partial charge in [0.05, 0.1) is 46.9 Å². The van der Waals surface area contributed by atoms with Crippen LogP contribution in [0.1, 0.15) is 49.3 Å². The van der Waals surface area contributed by atoms with E-state index in [4.69, 9.17) is 14.5 Å². The van der Waals surface area contributed by atoms with E-state index in [1.807, 2.05) is 6.07 Å². The van der Waals surface area contributed by atoms with Crippen molar-refractivity contribution in [1.29, 1.82) is 5.26 Å². The maximum atomic E-state index is 9.05. The Kier molecular flexibility index (Phi) is 5.49. The van der Waals surface area contributed by atoms with Gasteiger partial charge in [-0.2, -0.15) is 10.2 Å². The number of pyridine rings is 1. The van der Waals surface area contributed by atoms with Crippen LogP contribution in [-0.4, -0.2) is 37.8 Å². The van der Waals surface area contributed by atoms with Gasteiger partial charge in [0.25, 0.3) is 0 Å². The first-order chi connectivity index (χ1) is 14.1. The van der Waals surface area contributed by atoms with E-state index in [0.29, 0.717) is 29.8 Å². The van der Waals surface area contributed by atoms with Crippen LogP contribution < -0.4 is 0 Å². The number of nitriles is 1. The fourth-order valence-electron chi connectivity index (χ4n) is 3.33. The van der Waals surface area contributed by atoms with Gasteiger partial charge in [0, 0.05) is 18.9 Å². The molecule has 1 aromatic carbocycles. The molecule has 4 heterocycles. The number of fused-ring (bicyclic) bond motifs is 3. The maximum Gasteiger partial charge on any atom is 0.223 e. The Labute approximate surface area is 167 Å². The van der Waals surface area contributed by atoms with Crippen LogP contribution in [0.4, 0.5) is 0 Å². The molecule has 1 aliphatic rings. The summed E-state index contributed by atoms with van der Waals surface area (Å²) >= 11 is 0. The van der Waals surface area contributed by atoms with E-state index < -0.39 is 0 Å². The number of aromatic nitrogens is 5. The summed E-state index contributed by atoms with van der Waals surface area (Å²) in [6, 6.07) is 7.50. The van der Waals surface area contributed by atoms with E-state index in [2.05, 4.69) is 38.1 Å². The summed E-state index contributed by atoms with van der Waals surface area (Å²) in [5.74, 6) is 1.83. The summed E-state index contributed by atoms with van der Waals surface area (Å²) in [7, 11) is 0. The van der Waals surface area contributed by atoms with Crippen molar-refractivity contribution in [1.82, 2.24) is 25.1 Å². The fraction of sp³-hybridized carbons (Fsp3) is 0.381. The number of imidazole rings is 1. The van der Waals surface area contributed by atoms with Crippen molar-refractivity contribution in [3.05, 3.63) is 47.5 Å². The van der Waals surface area contributed by atoms with Gasteiger partial charge >= 0.3 is 0 Å². The first-order valence-electron chi connectivity index (χ1n) is 9.70. The lowest BCUT2D eigenvalue weighted by Gasteiger charge is -2.17. The normalized spacial score (nSPS) is 16.4. The first kappa shape index (κ1) is 19.0. The zero-order valence-electron chi connectivity index (χ0n) is 16.5. The third-order valence-electron chi connectivity index (χ3n) is 4.80. The van der Waals surface area contributed by atoms with Gasteiger partial charge in [0.2, 0.25) is 5.89 Å². The minimum Gasteiger partial charge on any atom is -0.379 e. The third kappa shape index (κ3) is 4.41. The van der Waals surface area contributed by atoms with Crippen molar-refractivity contribution in [2.45, 2.75) is 45.6 Å². The number of nitrogens with one attached hydrogen (secondary N) is 1. The number of H-pyrrole nitrogens is 1. The number of hydrogen-bond donors (Lipinski definition) is 1. The van der Waals surface area contributed by atoms with Crippen LogP contribution in [0, 0.1) is 18.3 Å². The van der Waals surface area contributed by atoms with Crippen LogP contribution in [0.15, 0.2) is 28.9 Å². The standard InChI is InChI=1S/C15H10N6O.C6H12O/c1-8-18-14(21-22-8)5-13-19-12-7-17-11-3-2-9(6-16)4-10(11)15(12)20-13;1-6-4-2-3-5-7-6/h2-4,7H,5H2,1H3,(H,19,20);6H,2-5H2,1H3/t;6-/m.1/s1. The van der Waals surface area contributed by atoms with Crippen molar-refractivity contribution < 1.29 is 9.26 Å². The minimum absolute atomic E-state index is 0.450. The summed E-state index contributed by atoms with van der Waals surface area (Å²) in [6.45, 7) is 4.87. The van der Waals surface area contributed by atoms with Crippen LogP contribution in [0.5, 0.6) is 0 Å². The van der Waals surface area contributed by atoms with Crippen LogP contribution in [-0.2, 0) is 11.2 Å². The summed E-state index contributed by atoms with van der Waals surface area (Å²) < 4.78 is 10.2. The van der Waals surface area contributed by atoms with Gasteiger partial charge in [0.1, 0.15) is 5.82 Å². The van der Waals surface area contributed by atoms with Gasteiger partial charge in [-0.25, -0.2) is 4.98 Å². The topological polar surface area (TPSA) is 114 Å². The van der Waals surface area contributed by atoms with Crippen molar-refractivity contribution in [3.8, 4) is 6.07 Å². The molecular formula is C21H22N6O2. The SMILES string of the molecule is C[C@@H]1CCCCO1.Cc1nc(Cc2nc3c(cnc4ccc(C#N)cc43)[nH]2)no1. The van der Waals surface area contributed by atoms with Gasteiger partial charge in [-0.3, -0.25) is 4.98 Å². The Morgan fingerprint density at radius 3 is 2.83 bits per heavy atom. The highest BCUT2D eigenvalue weighted by atomic mass is 16.5. The van der Waals surface area contributed by atoms with Crippen LogP contribution in [0.25, 0.3) is 21.9 Å². The Morgan fingerprint density at radius 1 is 1.28 bits per heavy atom. The molecule has 1 atom stereocenters. The van der Waals surface area contributed by atoms with Crippen LogP contribution >= 0.6 is 0 Å². The zero-order chi connectivity index (χ0) is 20.2. The molecule has 1 N–H and O–H groups in total. The van der Waals surface area contributed by atoms with E-state index in [-0.39, 0.29) is 0 Å². The van der Waals surface area contributed by atoms with Gasteiger partial charge in [-0.1, -0.05) is 5.16 Å². The number of aryl methyl sites for hydroxylation is 1. The number of benzene rings is 1. The lowest BCUT2D eigenvalue weighted by atomic mass is 10.1. The van der Waals surface area contributed by atoms with Gasteiger partial charge in [-0.05, 0) is 44.4 Å². The van der Waals surface area contributed by atoms with E-state index in [0.717, 1.165) is 34.4 Å². The van der Waals surface area contributed by atoms with E-state index >= 15 is 0 Å². The molecule has 1 saturated heterocycles. The monoisotopic (exact) mass is 390 g/mol. The molecule has 0 bridgehead atoms. The summed E-state index contributed by atoms with van der Waals surface area (Å²) in [4.78, 5) is 16.3. The first-order valence-corrected chi connectivity index (χ1v) is 9.70. The van der Waals surface area contributed by atoms with E-state index in [1.54, 1.807) is 25.3 Å².